The first-order valence-electron chi connectivity index (χ1n) is 9.39. The summed E-state index contributed by atoms with van der Waals surface area (Å²) in [4.78, 5) is 0. The van der Waals surface area contributed by atoms with Gasteiger partial charge in [0.2, 0.25) is 0 Å². The zero-order chi connectivity index (χ0) is 19.0. The van der Waals surface area contributed by atoms with Gasteiger partial charge in [0.25, 0.3) is 0 Å². The molecule has 0 aliphatic carbocycles. The monoisotopic (exact) mass is 359 g/mol. The number of aliphatic hydroxyl groups is 2. The van der Waals surface area contributed by atoms with Crippen LogP contribution in [-0.4, -0.2) is 28.5 Å². The number of aliphatic hydroxyl groups excluding tert-OH is 2. The Bertz CT molecular complexity index is 1120. The number of hydrogen-bond acceptors (Lipinski definition) is 3. The van der Waals surface area contributed by atoms with Crippen molar-refractivity contribution in [3.05, 3.63) is 72.3 Å². The van der Waals surface area contributed by atoms with Crippen LogP contribution in [0.15, 0.2) is 66.7 Å². The topological polar surface area (TPSA) is 52.5 Å². The van der Waals surface area contributed by atoms with Crippen LogP contribution in [0.5, 0.6) is 0 Å². The van der Waals surface area contributed by atoms with Crippen molar-refractivity contribution in [3.63, 3.8) is 0 Å². The van der Waals surface area contributed by atoms with Crippen molar-refractivity contribution in [2.75, 3.05) is 6.61 Å². The van der Waals surface area contributed by atoms with Crippen molar-refractivity contribution in [3.8, 4) is 0 Å². The van der Waals surface area contributed by atoms with Crippen molar-refractivity contribution in [2.24, 2.45) is 0 Å². The number of rotatable bonds is 5. The lowest BCUT2D eigenvalue weighted by atomic mass is 9.92. The van der Waals surface area contributed by atoms with E-state index in [4.69, 9.17) is 0 Å². The van der Waals surface area contributed by atoms with Gasteiger partial charge in [-0.05, 0) is 57.8 Å². The summed E-state index contributed by atoms with van der Waals surface area (Å²) in [7, 11) is 0. The van der Waals surface area contributed by atoms with E-state index >= 15 is 0 Å². The molecule has 138 valence electrons. The van der Waals surface area contributed by atoms with Gasteiger partial charge in [0.1, 0.15) is 0 Å². The van der Waals surface area contributed by atoms with E-state index in [2.05, 4.69) is 72.0 Å². The van der Waals surface area contributed by atoms with Crippen LogP contribution in [0, 0.1) is 0 Å². The third kappa shape index (κ3) is 3.08. The van der Waals surface area contributed by atoms with Gasteiger partial charge in [-0.25, -0.2) is 0 Å². The zero-order valence-electron chi connectivity index (χ0n) is 15.7. The molecule has 0 saturated carbocycles. The van der Waals surface area contributed by atoms with Crippen molar-refractivity contribution < 1.29 is 10.2 Å². The van der Waals surface area contributed by atoms with Crippen molar-refractivity contribution >= 4 is 32.3 Å². The normalized spacial score (nSPS) is 15.3. The largest absolute Gasteiger partial charge is 0.394 e. The fraction of sp³-hybridized carbons (Fsp3) is 0.250. The first kappa shape index (κ1) is 17.9. The Kier molecular flexibility index (Phi) is 4.60. The molecule has 0 aliphatic heterocycles. The Morgan fingerprint density at radius 3 is 2.19 bits per heavy atom. The lowest BCUT2D eigenvalue weighted by molar-refractivity contribution is 0.0404. The Labute approximate surface area is 159 Å². The minimum absolute atomic E-state index is 0.126. The van der Waals surface area contributed by atoms with Crippen LogP contribution in [0.4, 0.5) is 0 Å². The SMILES string of the molecule is CC(O)C(C)(CO)NCc1cc2c3ccccc3ccc2c2ccccc12. The average Bonchev–Trinajstić information content (AvgIpc) is 2.71. The van der Waals surface area contributed by atoms with Gasteiger partial charge < -0.3 is 15.5 Å². The van der Waals surface area contributed by atoms with Crippen LogP contribution >= 0.6 is 0 Å². The Morgan fingerprint density at radius 1 is 0.852 bits per heavy atom. The molecule has 4 aromatic rings. The molecule has 4 aromatic carbocycles. The lowest BCUT2D eigenvalue weighted by Crippen LogP contribution is -2.53. The van der Waals surface area contributed by atoms with Gasteiger partial charge in [0, 0.05) is 6.54 Å². The first-order chi connectivity index (χ1) is 13.0. The second-order valence-electron chi connectivity index (χ2n) is 7.57. The summed E-state index contributed by atoms with van der Waals surface area (Å²) in [6.07, 6.45) is -0.657. The van der Waals surface area contributed by atoms with Crippen LogP contribution in [-0.2, 0) is 6.54 Å². The molecular formula is C24H25NO2. The third-order valence-electron chi connectivity index (χ3n) is 5.79. The van der Waals surface area contributed by atoms with E-state index in [1.165, 1.54) is 32.3 Å². The molecule has 27 heavy (non-hydrogen) atoms. The summed E-state index contributed by atoms with van der Waals surface area (Å²) in [6.45, 7) is 3.99. The highest BCUT2D eigenvalue weighted by Crippen LogP contribution is 2.33. The summed E-state index contributed by atoms with van der Waals surface area (Å²) >= 11 is 0. The molecule has 4 rings (SSSR count). The van der Waals surface area contributed by atoms with Gasteiger partial charge in [-0.1, -0.05) is 60.7 Å². The highest BCUT2D eigenvalue weighted by molar-refractivity contribution is 6.18. The molecule has 0 fully saturated rings. The molecule has 3 heteroatoms. The number of hydrogen-bond donors (Lipinski definition) is 3. The van der Waals surface area contributed by atoms with E-state index in [1.807, 2.05) is 6.92 Å². The highest BCUT2D eigenvalue weighted by atomic mass is 16.3. The lowest BCUT2D eigenvalue weighted by Gasteiger charge is -2.32. The van der Waals surface area contributed by atoms with Gasteiger partial charge in [-0.2, -0.15) is 0 Å². The van der Waals surface area contributed by atoms with E-state index in [9.17, 15) is 10.2 Å². The summed E-state index contributed by atoms with van der Waals surface area (Å²) in [6, 6.07) is 23.5. The molecule has 0 bridgehead atoms. The summed E-state index contributed by atoms with van der Waals surface area (Å²) in [5.41, 5.74) is 0.421. The van der Waals surface area contributed by atoms with Gasteiger partial charge in [-0.3, -0.25) is 0 Å². The van der Waals surface area contributed by atoms with Gasteiger partial charge in [-0.15, -0.1) is 0 Å². The molecule has 0 radical (unpaired) electrons. The molecule has 0 amide bonds. The first-order valence-corrected chi connectivity index (χ1v) is 9.39. The van der Waals surface area contributed by atoms with E-state index in [0.29, 0.717) is 6.54 Å². The average molecular weight is 359 g/mol. The second kappa shape index (κ2) is 6.93. The number of nitrogens with one attached hydrogen (secondary N) is 1. The molecule has 0 heterocycles. The van der Waals surface area contributed by atoms with Crippen LogP contribution in [0.2, 0.25) is 0 Å². The van der Waals surface area contributed by atoms with Crippen LogP contribution in [0.3, 0.4) is 0 Å². The van der Waals surface area contributed by atoms with Gasteiger partial charge >= 0.3 is 0 Å². The summed E-state index contributed by atoms with van der Waals surface area (Å²) < 4.78 is 0. The van der Waals surface area contributed by atoms with E-state index in [-0.39, 0.29) is 6.61 Å². The molecule has 0 spiro atoms. The Balaban J connectivity index is 1.92. The summed E-state index contributed by atoms with van der Waals surface area (Å²) in [5, 5.41) is 30.5. The third-order valence-corrected chi connectivity index (χ3v) is 5.79. The minimum atomic E-state index is -0.741. The molecule has 3 N–H and O–H groups in total. The Hall–Kier alpha value is -2.46. The van der Waals surface area contributed by atoms with Crippen LogP contribution < -0.4 is 5.32 Å². The van der Waals surface area contributed by atoms with Gasteiger partial charge in [0.15, 0.2) is 0 Å². The zero-order valence-corrected chi connectivity index (χ0v) is 15.7. The van der Waals surface area contributed by atoms with E-state index in [0.717, 1.165) is 5.56 Å². The van der Waals surface area contributed by atoms with Crippen molar-refractivity contribution in [1.82, 2.24) is 5.32 Å². The van der Waals surface area contributed by atoms with E-state index in [1.54, 1.807) is 6.92 Å². The van der Waals surface area contributed by atoms with Crippen LogP contribution in [0.25, 0.3) is 32.3 Å². The number of fused-ring (bicyclic) bond motifs is 5. The highest BCUT2D eigenvalue weighted by Gasteiger charge is 2.28. The maximum Gasteiger partial charge on any atom is 0.0713 e. The molecular weight excluding hydrogens is 334 g/mol. The van der Waals surface area contributed by atoms with Crippen LogP contribution in [0.1, 0.15) is 19.4 Å². The van der Waals surface area contributed by atoms with Gasteiger partial charge in [0.05, 0.1) is 18.2 Å². The standard InChI is InChI=1S/C24H25NO2/c1-16(27)24(2,15-26)25-14-18-13-23-19-8-4-3-7-17(19)11-12-22(23)21-10-6-5-9-20(18)21/h3-13,16,25-27H,14-15H2,1-2H3. The summed E-state index contributed by atoms with van der Waals surface area (Å²) in [5.74, 6) is 0. The predicted molar refractivity (Wildman–Crippen MR) is 113 cm³/mol. The van der Waals surface area contributed by atoms with Crippen molar-refractivity contribution in [2.45, 2.75) is 32.0 Å². The van der Waals surface area contributed by atoms with E-state index < -0.39 is 11.6 Å². The molecule has 0 aliphatic rings. The predicted octanol–water partition coefficient (Wildman–Crippen LogP) is 4.37. The minimum Gasteiger partial charge on any atom is -0.394 e. The maximum atomic E-state index is 10.1. The molecule has 0 aromatic heterocycles. The fourth-order valence-corrected chi connectivity index (χ4v) is 3.72. The Morgan fingerprint density at radius 2 is 1.48 bits per heavy atom. The van der Waals surface area contributed by atoms with Crippen molar-refractivity contribution in [1.29, 1.82) is 0 Å². The second-order valence-corrected chi connectivity index (χ2v) is 7.57. The smallest absolute Gasteiger partial charge is 0.0713 e. The number of benzene rings is 4. The molecule has 0 saturated heterocycles. The molecule has 2 atom stereocenters. The maximum absolute atomic E-state index is 10.1. The fourth-order valence-electron chi connectivity index (χ4n) is 3.72. The molecule has 2 unspecified atom stereocenters. The quantitative estimate of drug-likeness (QED) is 0.464. The molecule has 3 nitrogen and oxygen atoms in total.